The van der Waals surface area contributed by atoms with E-state index in [4.69, 9.17) is 15.2 Å². The standard InChI is InChI=1S/C19H24F3N5O6/c1-8(23)16(30)24-12-13(28)14(29)15(33-18(12)32-2)17(31)27-7-11(25-26-27)9-4-3-5-10(6-9)19(20,21)22/h3-8,12-15,17-18,28-29,31H,23H2,1-2H3,(H,24,30)/t8-,12+,13+,14+,15-,17?,18+/m0/s1. The van der Waals surface area contributed by atoms with Crippen molar-refractivity contribution in [2.45, 2.75) is 56.0 Å². The van der Waals surface area contributed by atoms with Crippen LogP contribution in [0.4, 0.5) is 13.2 Å². The molecule has 0 bridgehead atoms. The first kappa shape index (κ1) is 25.0. The van der Waals surface area contributed by atoms with Gasteiger partial charge in [0, 0.05) is 12.7 Å². The maximum atomic E-state index is 13.0. The first-order valence-electron chi connectivity index (χ1n) is 9.82. The Kier molecular flexibility index (Phi) is 7.36. The van der Waals surface area contributed by atoms with E-state index in [1.54, 1.807) is 0 Å². The number of benzene rings is 1. The van der Waals surface area contributed by atoms with Crippen molar-refractivity contribution in [2.24, 2.45) is 5.73 Å². The van der Waals surface area contributed by atoms with Crippen LogP contribution in [0.15, 0.2) is 30.5 Å². The van der Waals surface area contributed by atoms with Crippen molar-refractivity contribution in [3.05, 3.63) is 36.0 Å². The maximum absolute atomic E-state index is 13.0. The average molecular weight is 475 g/mol. The number of hydrogen-bond acceptors (Lipinski definition) is 9. The zero-order valence-corrected chi connectivity index (χ0v) is 17.5. The molecular weight excluding hydrogens is 451 g/mol. The molecule has 1 amide bonds. The SMILES string of the molecule is CO[C@@H]1O[C@H](C(O)n2cc(-c3cccc(C(F)(F)F)c3)nn2)[C@H](O)[C@H](O)[C@H]1NC(=O)[C@H](C)N. The number of ether oxygens (including phenoxy) is 2. The predicted octanol–water partition coefficient (Wildman–Crippen LogP) is -0.620. The van der Waals surface area contributed by atoms with Crippen molar-refractivity contribution >= 4 is 5.91 Å². The average Bonchev–Trinajstić information content (AvgIpc) is 3.26. The van der Waals surface area contributed by atoms with Crippen LogP contribution in [-0.4, -0.2) is 80.0 Å². The van der Waals surface area contributed by atoms with Gasteiger partial charge in [-0.1, -0.05) is 17.3 Å². The molecule has 11 nitrogen and oxygen atoms in total. The number of rotatable bonds is 6. The van der Waals surface area contributed by atoms with Gasteiger partial charge in [0.05, 0.1) is 17.8 Å². The summed E-state index contributed by atoms with van der Waals surface area (Å²) in [6.45, 7) is 1.42. The van der Waals surface area contributed by atoms with Crippen molar-refractivity contribution in [2.75, 3.05) is 7.11 Å². The Morgan fingerprint density at radius 3 is 2.64 bits per heavy atom. The van der Waals surface area contributed by atoms with Gasteiger partial charge in [-0.25, -0.2) is 4.68 Å². The molecule has 1 aliphatic rings. The zero-order valence-electron chi connectivity index (χ0n) is 17.5. The molecule has 1 saturated heterocycles. The molecule has 1 aliphatic heterocycles. The molecule has 2 heterocycles. The number of nitrogens with two attached hydrogens (primary N) is 1. The van der Waals surface area contributed by atoms with Crippen LogP contribution in [0.5, 0.6) is 0 Å². The minimum atomic E-state index is -4.55. The smallest absolute Gasteiger partial charge is 0.388 e. The summed E-state index contributed by atoms with van der Waals surface area (Å²) in [5.41, 5.74) is 4.74. The molecule has 2 aromatic rings. The van der Waals surface area contributed by atoms with Crippen LogP contribution in [0, 0.1) is 0 Å². The van der Waals surface area contributed by atoms with Crippen LogP contribution in [0.2, 0.25) is 0 Å². The largest absolute Gasteiger partial charge is 0.416 e. The summed E-state index contributed by atoms with van der Waals surface area (Å²) in [4.78, 5) is 11.9. The van der Waals surface area contributed by atoms with Gasteiger partial charge in [0.15, 0.2) is 12.5 Å². The molecule has 0 aliphatic carbocycles. The first-order valence-corrected chi connectivity index (χ1v) is 9.82. The third kappa shape index (κ3) is 5.31. The number of aliphatic hydroxyl groups excluding tert-OH is 3. The van der Waals surface area contributed by atoms with Gasteiger partial charge in [0.1, 0.15) is 30.0 Å². The zero-order chi connectivity index (χ0) is 24.5. The Morgan fingerprint density at radius 2 is 2.03 bits per heavy atom. The highest BCUT2D eigenvalue weighted by atomic mass is 19.4. The van der Waals surface area contributed by atoms with E-state index in [-0.39, 0.29) is 11.3 Å². The number of hydrogen-bond donors (Lipinski definition) is 5. The van der Waals surface area contributed by atoms with E-state index in [1.165, 1.54) is 26.2 Å². The van der Waals surface area contributed by atoms with Crippen LogP contribution in [0.25, 0.3) is 11.3 Å². The summed E-state index contributed by atoms with van der Waals surface area (Å²) in [6, 6.07) is 2.28. The minimum Gasteiger partial charge on any atom is -0.388 e. The topological polar surface area (TPSA) is 165 Å². The van der Waals surface area contributed by atoms with Crippen molar-refractivity contribution in [1.29, 1.82) is 0 Å². The lowest BCUT2D eigenvalue weighted by atomic mass is 9.95. The van der Waals surface area contributed by atoms with Crippen molar-refractivity contribution in [1.82, 2.24) is 20.3 Å². The van der Waals surface area contributed by atoms with Gasteiger partial charge < -0.3 is 35.8 Å². The third-order valence-corrected chi connectivity index (χ3v) is 5.15. The normalized spacial score (nSPS) is 27.7. The summed E-state index contributed by atoms with van der Waals surface area (Å²) in [7, 11) is 1.23. The molecule has 1 aromatic heterocycles. The number of methoxy groups -OCH3 is 1. The Morgan fingerprint density at radius 1 is 1.33 bits per heavy atom. The number of halogens is 3. The highest BCUT2D eigenvalue weighted by Crippen LogP contribution is 2.32. The van der Waals surface area contributed by atoms with Gasteiger partial charge in [-0.3, -0.25) is 4.79 Å². The molecule has 6 N–H and O–H groups in total. The van der Waals surface area contributed by atoms with Crippen molar-refractivity contribution in [3.63, 3.8) is 0 Å². The Balaban J connectivity index is 1.80. The summed E-state index contributed by atoms with van der Waals surface area (Å²) < 4.78 is 50.4. The van der Waals surface area contributed by atoms with E-state index < -0.39 is 60.6 Å². The molecule has 14 heteroatoms. The predicted molar refractivity (Wildman–Crippen MR) is 105 cm³/mol. The van der Waals surface area contributed by atoms with E-state index >= 15 is 0 Å². The molecule has 1 aromatic carbocycles. The lowest BCUT2D eigenvalue weighted by Gasteiger charge is -2.43. The van der Waals surface area contributed by atoms with Gasteiger partial charge in [-0.15, -0.1) is 5.10 Å². The van der Waals surface area contributed by atoms with E-state index in [0.29, 0.717) is 0 Å². The van der Waals surface area contributed by atoms with E-state index in [9.17, 15) is 33.3 Å². The van der Waals surface area contributed by atoms with E-state index in [1.807, 2.05) is 0 Å². The molecule has 1 fully saturated rings. The summed E-state index contributed by atoms with van der Waals surface area (Å²) in [6.07, 6.45) is -11.2. The summed E-state index contributed by atoms with van der Waals surface area (Å²) in [5.74, 6) is -0.627. The van der Waals surface area contributed by atoms with Gasteiger partial charge in [-0.05, 0) is 19.1 Å². The highest BCUT2D eigenvalue weighted by molar-refractivity contribution is 5.81. The van der Waals surface area contributed by atoms with Gasteiger partial charge in [0.25, 0.3) is 0 Å². The fourth-order valence-corrected chi connectivity index (χ4v) is 3.33. The number of aliphatic hydroxyl groups is 3. The van der Waals surface area contributed by atoms with Crippen LogP contribution < -0.4 is 11.1 Å². The van der Waals surface area contributed by atoms with Crippen LogP contribution in [-0.2, 0) is 20.4 Å². The molecule has 33 heavy (non-hydrogen) atoms. The number of carbonyl (C=O) groups excluding carboxylic acids is 1. The first-order chi connectivity index (χ1) is 15.4. The lowest BCUT2D eigenvalue weighted by molar-refractivity contribution is -0.284. The van der Waals surface area contributed by atoms with Gasteiger partial charge in [-0.2, -0.15) is 13.2 Å². The second kappa shape index (κ2) is 9.70. The molecular formula is C19H24F3N5O6. The molecule has 1 unspecified atom stereocenters. The Hall–Kier alpha value is -2.62. The fourth-order valence-electron chi connectivity index (χ4n) is 3.33. The highest BCUT2D eigenvalue weighted by Gasteiger charge is 2.48. The minimum absolute atomic E-state index is 0.0244. The number of nitrogens with zero attached hydrogens (tertiary/aromatic N) is 3. The van der Waals surface area contributed by atoms with E-state index in [2.05, 4.69) is 15.6 Å². The van der Waals surface area contributed by atoms with Crippen LogP contribution >= 0.6 is 0 Å². The fraction of sp³-hybridized carbons (Fsp3) is 0.526. The number of amides is 1. The molecule has 0 radical (unpaired) electrons. The summed E-state index contributed by atoms with van der Waals surface area (Å²) >= 11 is 0. The molecule has 0 saturated carbocycles. The molecule has 7 atom stereocenters. The Labute approximate surface area is 185 Å². The second-order valence-corrected chi connectivity index (χ2v) is 7.58. The lowest BCUT2D eigenvalue weighted by Crippen LogP contribution is -2.66. The van der Waals surface area contributed by atoms with Crippen LogP contribution in [0.1, 0.15) is 18.7 Å². The summed E-state index contributed by atoms with van der Waals surface area (Å²) in [5, 5.41) is 41.5. The van der Waals surface area contributed by atoms with E-state index in [0.717, 1.165) is 23.0 Å². The number of carbonyl (C=O) groups is 1. The number of nitrogens with one attached hydrogen (secondary N) is 1. The van der Waals surface area contributed by atoms with Crippen molar-refractivity contribution < 1.29 is 42.8 Å². The maximum Gasteiger partial charge on any atom is 0.416 e. The Bertz CT molecular complexity index is 969. The van der Waals surface area contributed by atoms with Gasteiger partial charge >= 0.3 is 6.18 Å². The van der Waals surface area contributed by atoms with Crippen molar-refractivity contribution in [3.8, 4) is 11.3 Å². The third-order valence-electron chi connectivity index (χ3n) is 5.15. The molecule has 0 spiro atoms. The van der Waals surface area contributed by atoms with Gasteiger partial charge in [0.2, 0.25) is 5.91 Å². The second-order valence-electron chi connectivity index (χ2n) is 7.58. The monoisotopic (exact) mass is 475 g/mol. The quantitative estimate of drug-likeness (QED) is 0.366. The molecule has 182 valence electrons. The number of alkyl halides is 3. The number of aromatic nitrogens is 3. The molecule has 3 rings (SSSR count). The van der Waals surface area contributed by atoms with Crippen LogP contribution in [0.3, 0.4) is 0 Å².